The maximum absolute atomic E-state index is 14.4. The van der Waals surface area contributed by atoms with E-state index in [0.29, 0.717) is 12.3 Å². The van der Waals surface area contributed by atoms with Gasteiger partial charge in [0.05, 0.1) is 18.5 Å². The number of halogens is 3. The first kappa shape index (κ1) is 19.0. The molecule has 27 heavy (non-hydrogen) atoms. The molecule has 1 aromatic carbocycles. The summed E-state index contributed by atoms with van der Waals surface area (Å²) in [4.78, 5) is 15.9. The molecule has 0 bridgehead atoms. The molecule has 0 fully saturated rings. The average Bonchev–Trinajstić information content (AvgIpc) is 3.05. The topological polar surface area (TPSA) is 77.8 Å². The number of amides is 1. The van der Waals surface area contributed by atoms with E-state index in [2.05, 4.69) is 15.4 Å². The Morgan fingerprint density at radius 2 is 2.07 bits per heavy atom. The minimum Gasteiger partial charge on any atom is -0.473 e. The molecule has 0 radical (unpaired) electrons. The van der Waals surface area contributed by atoms with Crippen molar-refractivity contribution in [2.75, 3.05) is 27.4 Å². The number of hydrogen-bond donors (Lipinski definition) is 1. The van der Waals surface area contributed by atoms with E-state index in [-0.39, 0.29) is 34.3 Å². The molecule has 1 N–H and O–H groups in total. The van der Waals surface area contributed by atoms with Gasteiger partial charge in [-0.3, -0.25) is 4.79 Å². The Labute approximate surface area is 157 Å². The van der Waals surface area contributed by atoms with Gasteiger partial charge in [-0.1, -0.05) is 11.6 Å². The summed E-state index contributed by atoms with van der Waals surface area (Å²) in [6.45, 7) is 0.523. The van der Waals surface area contributed by atoms with Crippen LogP contribution in [0.1, 0.15) is 10.4 Å². The maximum Gasteiger partial charge on any atom is 0.251 e. The van der Waals surface area contributed by atoms with Crippen LogP contribution in [0.15, 0.2) is 24.4 Å². The quantitative estimate of drug-likeness (QED) is 0.648. The molecule has 0 aliphatic rings. The summed E-state index contributed by atoms with van der Waals surface area (Å²) in [5.74, 6) is -2.75. The Morgan fingerprint density at radius 1 is 1.30 bits per heavy atom. The molecule has 0 saturated heterocycles. The Bertz CT molecular complexity index is 1010. The van der Waals surface area contributed by atoms with Crippen molar-refractivity contribution in [2.45, 2.75) is 0 Å². The average molecular weight is 397 g/mol. The van der Waals surface area contributed by atoms with Gasteiger partial charge in [0.2, 0.25) is 0 Å². The summed E-state index contributed by atoms with van der Waals surface area (Å²) >= 11 is 6.11. The van der Waals surface area contributed by atoms with Crippen LogP contribution in [0.2, 0.25) is 5.02 Å². The van der Waals surface area contributed by atoms with Crippen LogP contribution in [0.5, 0.6) is 5.88 Å². The third kappa shape index (κ3) is 3.69. The standard InChI is InChI=1S/C17H15ClF2N4O3/c1-21-16(25)9-5-10(15(20)12(19)6-9)13-8-22-14-7-11(18)17(23-24(13)14)27-4-3-26-2/h5-8H,3-4H2,1-2H3,(H,21,25). The van der Waals surface area contributed by atoms with Gasteiger partial charge in [-0.05, 0) is 12.1 Å². The van der Waals surface area contributed by atoms with Gasteiger partial charge in [-0.15, -0.1) is 5.10 Å². The van der Waals surface area contributed by atoms with E-state index in [1.54, 1.807) is 0 Å². The zero-order valence-electron chi connectivity index (χ0n) is 14.4. The molecule has 0 aliphatic heterocycles. The summed E-state index contributed by atoms with van der Waals surface area (Å²) in [6.07, 6.45) is 1.31. The number of methoxy groups -OCH3 is 1. The summed E-state index contributed by atoms with van der Waals surface area (Å²) < 4.78 is 40.0. The zero-order valence-corrected chi connectivity index (χ0v) is 15.2. The highest BCUT2D eigenvalue weighted by Crippen LogP contribution is 2.29. The van der Waals surface area contributed by atoms with Gasteiger partial charge in [-0.25, -0.2) is 18.3 Å². The van der Waals surface area contributed by atoms with Crippen molar-refractivity contribution in [1.82, 2.24) is 19.9 Å². The van der Waals surface area contributed by atoms with Crippen LogP contribution in [0.25, 0.3) is 16.9 Å². The fourth-order valence-electron chi connectivity index (χ4n) is 2.43. The van der Waals surface area contributed by atoms with E-state index in [1.807, 2.05) is 0 Å². The molecule has 142 valence electrons. The molecule has 3 aromatic rings. The lowest BCUT2D eigenvalue weighted by Crippen LogP contribution is -2.18. The molecule has 7 nitrogen and oxygen atoms in total. The number of fused-ring (bicyclic) bond motifs is 1. The first-order chi connectivity index (χ1) is 13.0. The molecule has 0 aliphatic carbocycles. The van der Waals surface area contributed by atoms with Crippen molar-refractivity contribution in [3.63, 3.8) is 0 Å². The highest BCUT2D eigenvalue weighted by molar-refractivity contribution is 6.32. The molecule has 0 atom stereocenters. The minimum atomic E-state index is -1.16. The largest absolute Gasteiger partial charge is 0.473 e. The predicted molar refractivity (Wildman–Crippen MR) is 94.1 cm³/mol. The van der Waals surface area contributed by atoms with Crippen molar-refractivity contribution in [1.29, 1.82) is 0 Å². The molecular weight excluding hydrogens is 382 g/mol. The molecule has 0 unspecified atom stereocenters. The van der Waals surface area contributed by atoms with E-state index >= 15 is 0 Å². The van der Waals surface area contributed by atoms with Gasteiger partial charge < -0.3 is 14.8 Å². The Hall–Kier alpha value is -2.78. The number of nitrogens with one attached hydrogen (secondary N) is 1. The number of imidazole rings is 1. The van der Waals surface area contributed by atoms with Crippen LogP contribution in [0, 0.1) is 11.6 Å². The second-order valence-corrected chi connectivity index (χ2v) is 5.86. The van der Waals surface area contributed by atoms with E-state index < -0.39 is 17.5 Å². The van der Waals surface area contributed by atoms with Gasteiger partial charge >= 0.3 is 0 Å². The molecular formula is C17H15ClF2N4O3. The van der Waals surface area contributed by atoms with Gasteiger partial charge in [0.25, 0.3) is 11.8 Å². The monoisotopic (exact) mass is 396 g/mol. The molecule has 0 spiro atoms. The van der Waals surface area contributed by atoms with Crippen molar-refractivity contribution >= 4 is 23.2 Å². The number of rotatable bonds is 6. The van der Waals surface area contributed by atoms with E-state index in [4.69, 9.17) is 21.1 Å². The normalized spacial score (nSPS) is 11.0. The van der Waals surface area contributed by atoms with Crippen LogP contribution in [0.3, 0.4) is 0 Å². The molecule has 3 rings (SSSR count). The molecule has 10 heteroatoms. The Morgan fingerprint density at radius 3 is 2.78 bits per heavy atom. The highest BCUT2D eigenvalue weighted by Gasteiger charge is 2.20. The number of ether oxygens (including phenoxy) is 2. The second kappa shape index (κ2) is 7.85. The SMILES string of the molecule is CNC(=O)c1cc(F)c(F)c(-c2cnc3cc(Cl)c(OCCOC)nn23)c1. The van der Waals surface area contributed by atoms with Crippen molar-refractivity contribution in [3.05, 3.63) is 46.6 Å². The smallest absolute Gasteiger partial charge is 0.251 e. The summed E-state index contributed by atoms with van der Waals surface area (Å²) in [5, 5.41) is 6.78. The van der Waals surface area contributed by atoms with E-state index in [0.717, 1.165) is 6.07 Å². The van der Waals surface area contributed by atoms with Gasteiger partial charge in [-0.2, -0.15) is 0 Å². The number of carbonyl (C=O) groups excluding carboxylic acids is 1. The molecule has 2 aromatic heterocycles. The Kier molecular flexibility index (Phi) is 5.52. The van der Waals surface area contributed by atoms with E-state index in [1.165, 1.54) is 37.0 Å². The lowest BCUT2D eigenvalue weighted by Gasteiger charge is -2.09. The van der Waals surface area contributed by atoms with Gasteiger partial charge in [0.15, 0.2) is 17.3 Å². The van der Waals surface area contributed by atoms with Crippen LogP contribution >= 0.6 is 11.6 Å². The molecule has 1 amide bonds. The third-order valence-corrected chi connectivity index (χ3v) is 4.01. The van der Waals surface area contributed by atoms with Crippen molar-refractivity contribution < 1.29 is 23.0 Å². The first-order valence-electron chi connectivity index (χ1n) is 7.83. The molecule has 0 saturated carbocycles. The number of hydrogen-bond acceptors (Lipinski definition) is 5. The lowest BCUT2D eigenvalue weighted by molar-refractivity contribution is 0.0962. The fourth-order valence-corrected chi connectivity index (χ4v) is 2.62. The van der Waals surface area contributed by atoms with E-state index in [9.17, 15) is 13.6 Å². The summed E-state index contributed by atoms with van der Waals surface area (Å²) in [6, 6.07) is 3.53. The minimum absolute atomic E-state index is 0.0353. The first-order valence-corrected chi connectivity index (χ1v) is 8.21. The second-order valence-electron chi connectivity index (χ2n) is 5.45. The lowest BCUT2D eigenvalue weighted by atomic mass is 10.1. The molecule has 2 heterocycles. The number of benzene rings is 1. The van der Waals surface area contributed by atoms with Crippen LogP contribution < -0.4 is 10.1 Å². The highest BCUT2D eigenvalue weighted by atomic mass is 35.5. The Balaban J connectivity index is 2.13. The maximum atomic E-state index is 14.4. The third-order valence-electron chi connectivity index (χ3n) is 3.73. The van der Waals surface area contributed by atoms with Gasteiger partial charge in [0, 0.05) is 31.4 Å². The van der Waals surface area contributed by atoms with Crippen LogP contribution in [-0.2, 0) is 4.74 Å². The number of carbonyl (C=O) groups is 1. The summed E-state index contributed by atoms with van der Waals surface area (Å²) in [5.41, 5.74) is 0.241. The number of nitrogens with zero attached hydrogens (tertiary/aromatic N) is 3. The van der Waals surface area contributed by atoms with Gasteiger partial charge in [0.1, 0.15) is 11.6 Å². The fraction of sp³-hybridized carbons (Fsp3) is 0.235. The van der Waals surface area contributed by atoms with Crippen molar-refractivity contribution in [3.8, 4) is 17.1 Å². The van der Waals surface area contributed by atoms with Crippen molar-refractivity contribution in [2.24, 2.45) is 0 Å². The zero-order chi connectivity index (χ0) is 19.6. The predicted octanol–water partition coefficient (Wildman–Crippen LogP) is 2.71. The van der Waals surface area contributed by atoms with Crippen LogP contribution in [-0.4, -0.2) is 47.9 Å². The summed E-state index contributed by atoms with van der Waals surface area (Å²) in [7, 11) is 2.91. The van der Waals surface area contributed by atoms with Crippen LogP contribution in [0.4, 0.5) is 8.78 Å². The number of aromatic nitrogens is 3.